The molecule has 104 valence electrons. The van der Waals surface area contributed by atoms with Gasteiger partial charge in [-0.2, -0.15) is 0 Å². The third-order valence-electron chi connectivity index (χ3n) is 3.92. The molecule has 1 fully saturated rings. The lowest BCUT2D eigenvalue weighted by molar-refractivity contribution is -0.124. The van der Waals surface area contributed by atoms with Crippen LogP contribution in [0.5, 0.6) is 0 Å². The van der Waals surface area contributed by atoms with Crippen molar-refractivity contribution in [2.75, 3.05) is 18.4 Å². The normalized spacial score (nSPS) is 22.5. The zero-order valence-corrected chi connectivity index (χ0v) is 12.7. The average Bonchev–Trinajstić information content (AvgIpc) is 2.89. The molecule has 1 aromatic rings. The van der Waals surface area contributed by atoms with E-state index < -0.39 is 0 Å². The summed E-state index contributed by atoms with van der Waals surface area (Å²) in [6, 6.07) is 3.59. The van der Waals surface area contributed by atoms with Gasteiger partial charge in [-0.3, -0.25) is 4.79 Å². The van der Waals surface area contributed by atoms with Gasteiger partial charge in [0.2, 0.25) is 5.91 Å². The number of rotatable bonds is 3. The van der Waals surface area contributed by atoms with Crippen molar-refractivity contribution in [1.82, 2.24) is 5.32 Å². The van der Waals surface area contributed by atoms with Crippen LogP contribution in [0.15, 0.2) is 12.1 Å². The summed E-state index contributed by atoms with van der Waals surface area (Å²) in [7, 11) is 0. The molecule has 1 aliphatic rings. The van der Waals surface area contributed by atoms with Gasteiger partial charge >= 0.3 is 0 Å². The topological polar surface area (TPSA) is 41.1 Å². The Labute approximate surface area is 123 Å². The number of halogens is 2. The van der Waals surface area contributed by atoms with Gasteiger partial charge in [0.1, 0.15) is 0 Å². The molecule has 5 heteroatoms. The molecule has 0 saturated carbocycles. The van der Waals surface area contributed by atoms with Crippen molar-refractivity contribution in [3.63, 3.8) is 0 Å². The van der Waals surface area contributed by atoms with E-state index in [9.17, 15) is 4.79 Å². The highest BCUT2D eigenvalue weighted by atomic mass is 35.5. The Bertz CT molecular complexity index is 496. The number of carbonyl (C=O) groups excluding carboxylic acids is 1. The van der Waals surface area contributed by atoms with Crippen LogP contribution in [0.3, 0.4) is 0 Å². The van der Waals surface area contributed by atoms with Crippen LogP contribution in [0.2, 0.25) is 10.0 Å². The van der Waals surface area contributed by atoms with E-state index in [1.54, 1.807) is 6.07 Å². The molecule has 3 nitrogen and oxygen atoms in total. The molecule has 1 atom stereocenters. The Balaban J connectivity index is 2.26. The average molecular weight is 301 g/mol. The van der Waals surface area contributed by atoms with Crippen molar-refractivity contribution in [3.05, 3.63) is 27.7 Å². The van der Waals surface area contributed by atoms with Crippen molar-refractivity contribution in [3.8, 4) is 0 Å². The predicted molar refractivity (Wildman–Crippen MR) is 80.0 cm³/mol. The molecular formula is C14H18Cl2N2O. The highest BCUT2D eigenvalue weighted by Crippen LogP contribution is 2.36. The molecule has 0 spiro atoms. The predicted octanol–water partition coefficient (Wildman–Crippen LogP) is 3.63. The molecule has 1 amide bonds. The van der Waals surface area contributed by atoms with Crippen LogP contribution in [0.25, 0.3) is 0 Å². The van der Waals surface area contributed by atoms with Crippen molar-refractivity contribution < 1.29 is 4.79 Å². The Hall–Kier alpha value is -0.770. The van der Waals surface area contributed by atoms with Gasteiger partial charge in [-0.15, -0.1) is 0 Å². The molecule has 0 radical (unpaired) electrons. The molecule has 0 aromatic heterocycles. The van der Waals surface area contributed by atoms with Crippen LogP contribution in [-0.4, -0.2) is 19.0 Å². The van der Waals surface area contributed by atoms with E-state index in [0.717, 1.165) is 24.9 Å². The fourth-order valence-electron chi connectivity index (χ4n) is 2.42. The number of hydrogen-bond donors (Lipinski definition) is 2. The van der Waals surface area contributed by atoms with Crippen molar-refractivity contribution in [1.29, 1.82) is 0 Å². The Morgan fingerprint density at radius 1 is 1.47 bits per heavy atom. The quantitative estimate of drug-likeness (QED) is 0.895. The van der Waals surface area contributed by atoms with Crippen LogP contribution in [0, 0.1) is 12.3 Å². The first-order valence-electron chi connectivity index (χ1n) is 6.47. The lowest BCUT2D eigenvalue weighted by Crippen LogP contribution is -2.37. The van der Waals surface area contributed by atoms with E-state index in [-0.39, 0.29) is 11.3 Å². The van der Waals surface area contributed by atoms with Crippen LogP contribution in [-0.2, 0) is 4.79 Å². The molecule has 0 bridgehead atoms. The van der Waals surface area contributed by atoms with Crippen LogP contribution in [0.1, 0.15) is 25.3 Å². The smallest absolute Gasteiger partial charge is 0.231 e. The van der Waals surface area contributed by atoms with Gasteiger partial charge in [0.25, 0.3) is 0 Å². The third kappa shape index (κ3) is 2.73. The minimum absolute atomic E-state index is 0.00519. The molecule has 2 rings (SSSR count). The molecule has 0 aliphatic carbocycles. The van der Waals surface area contributed by atoms with E-state index >= 15 is 0 Å². The lowest BCUT2D eigenvalue weighted by atomic mass is 9.83. The Morgan fingerprint density at radius 3 is 2.79 bits per heavy atom. The van der Waals surface area contributed by atoms with Gasteiger partial charge < -0.3 is 10.6 Å². The van der Waals surface area contributed by atoms with Crippen molar-refractivity contribution in [2.24, 2.45) is 5.41 Å². The Kier molecular flexibility index (Phi) is 4.39. The maximum Gasteiger partial charge on any atom is 0.231 e. The summed E-state index contributed by atoms with van der Waals surface area (Å²) < 4.78 is 0. The summed E-state index contributed by atoms with van der Waals surface area (Å²) in [6.07, 6.45) is 1.64. The first-order chi connectivity index (χ1) is 9.00. The number of nitrogens with one attached hydrogen (secondary N) is 2. The lowest BCUT2D eigenvalue weighted by Gasteiger charge is -2.26. The second-order valence-electron chi connectivity index (χ2n) is 5.07. The van der Waals surface area contributed by atoms with Crippen molar-refractivity contribution in [2.45, 2.75) is 26.7 Å². The van der Waals surface area contributed by atoms with Gasteiger partial charge in [-0.25, -0.2) is 0 Å². The fourth-order valence-corrected chi connectivity index (χ4v) is 2.88. The highest BCUT2D eigenvalue weighted by molar-refractivity contribution is 6.40. The maximum atomic E-state index is 12.5. The van der Waals surface area contributed by atoms with Crippen LogP contribution in [0.4, 0.5) is 5.69 Å². The number of carbonyl (C=O) groups is 1. The summed E-state index contributed by atoms with van der Waals surface area (Å²) in [5.41, 5.74) is 1.07. The SMILES string of the molecule is CCC1(C(=O)Nc2c(Cl)ccc(C)c2Cl)CCNC1. The zero-order valence-electron chi connectivity index (χ0n) is 11.1. The van der Waals surface area contributed by atoms with E-state index in [1.807, 2.05) is 19.9 Å². The summed E-state index contributed by atoms with van der Waals surface area (Å²) in [5.74, 6) is -0.00519. The summed E-state index contributed by atoms with van der Waals surface area (Å²) >= 11 is 12.3. The number of benzene rings is 1. The molecule has 1 heterocycles. The summed E-state index contributed by atoms with van der Waals surface area (Å²) in [5, 5.41) is 7.14. The van der Waals surface area contributed by atoms with E-state index in [2.05, 4.69) is 10.6 Å². The zero-order chi connectivity index (χ0) is 14.0. The molecule has 1 saturated heterocycles. The monoisotopic (exact) mass is 300 g/mol. The number of amides is 1. The number of anilines is 1. The largest absolute Gasteiger partial charge is 0.323 e. The van der Waals surface area contributed by atoms with E-state index in [0.29, 0.717) is 22.3 Å². The first-order valence-corrected chi connectivity index (χ1v) is 7.22. The van der Waals surface area contributed by atoms with Crippen LogP contribution < -0.4 is 10.6 Å². The minimum atomic E-state index is -0.351. The number of hydrogen-bond acceptors (Lipinski definition) is 2. The molecule has 1 unspecified atom stereocenters. The van der Waals surface area contributed by atoms with Gasteiger partial charge in [0.05, 0.1) is 21.1 Å². The van der Waals surface area contributed by atoms with Crippen LogP contribution >= 0.6 is 23.2 Å². The van der Waals surface area contributed by atoms with E-state index in [1.165, 1.54) is 0 Å². The maximum absolute atomic E-state index is 12.5. The molecule has 1 aliphatic heterocycles. The van der Waals surface area contributed by atoms with Crippen molar-refractivity contribution >= 4 is 34.8 Å². The van der Waals surface area contributed by atoms with E-state index in [4.69, 9.17) is 23.2 Å². The minimum Gasteiger partial charge on any atom is -0.323 e. The van der Waals surface area contributed by atoms with Gasteiger partial charge in [0.15, 0.2) is 0 Å². The molecule has 1 aromatic carbocycles. The van der Waals surface area contributed by atoms with Gasteiger partial charge in [0, 0.05) is 6.54 Å². The first kappa shape index (κ1) is 14.6. The third-order valence-corrected chi connectivity index (χ3v) is 4.73. The standard InChI is InChI=1S/C14H18Cl2N2O/c1-3-14(6-7-17-8-14)13(19)18-12-10(15)5-4-9(2)11(12)16/h4-5,17H,3,6-8H2,1-2H3,(H,18,19). The molecular weight excluding hydrogens is 283 g/mol. The fraction of sp³-hybridized carbons (Fsp3) is 0.500. The summed E-state index contributed by atoms with van der Waals surface area (Å²) in [4.78, 5) is 12.5. The van der Waals surface area contributed by atoms with Gasteiger partial charge in [-0.05, 0) is 37.9 Å². The number of aryl methyl sites for hydroxylation is 1. The Morgan fingerprint density at radius 2 is 2.21 bits per heavy atom. The second-order valence-corrected chi connectivity index (χ2v) is 5.85. The molecule has 19 heavy (non-hydrogen) atoms. The second kappa shape index (κ2) is 5.70. The molecule has 2 N–H and O–H groups in total. The summed E-state index contributed by atoms with van der Waals surface area (Å²) in [6.45, 7) is 5.50. The highest BCUT2D eigenvalue weighted by Gasteiger charge is 2.39. The van der Waals surface area contributed by atoms with Gasteiger partial charge in [-0.1, -0.05) is 36.2 Å².